The van der Waals surface area contributed by atoms with Crippen LogP contribution in [0.4, 0.5) is 0 Å². The number of hydrogen-bond donors (Lipinski definition) is 1. The Bertz CT molecular complexity index is 276. The minimum absolute atomic E-state index is 0.0986. The first kappa shape index (κ1) is 12.2. The summed E-state index contributed by atoms with van der Waals surface area (Å²) < 4.78 is 0. The topological polar surface area (TPSA) is 29.3 Å². The first-order valence-corrected chi connectivity index (χ1v) is 5.56. The molecular formula is C13H22N2. The molecule has 0 bridgehead atoms. The van der Waals surface area contributed by atoms with Crippen LogP contribution in [-0.2, 0) is 6.42 Å². The zero-order valence-corrected chi connectivity index (χ0v) is 10.0. The van der Waals surface area contributed by atoms with Gasteiger partial charge in [-0.15, -0.1) is 0 Å². The maximum absolute atomic E-state index is 5.93. The monoisotopic (exact) mass is 206 g/mol. The number of benzene rings is 1. The van der Waals surface area contributed by atoms with Gasteiger partial charge in [-0.05, 0) is 32.5 Å². The van der Waals surface area contributed by atoms with Gasteiger partial charge >= 0.3 is 0 Å². The Kier molecular flexibility index (Phi) is 4.30. The summed E-state index contributed by atoms with van der Waals surface area (Å²) in [4.78, 5) is 2.25. The Hall–Kier alpha value is -0.860. The molecule has 2 heteroatoms. The average molecular weight is 206 g/mol. The van der Waals surface area contributed by atoms with E-state index in [2.05, 4.69) is 56.3 Å². The van der Waals surface area contributed by atoms with Gasteiger partial charge in [0.15, 0.2) is 0 Å². The second-order valence-electron chi connectivity index (χ2n) is 4.34. The zero-order valence-electron chi connectivity index (χ0n) is 10.0. The van der Waals surface area contributed by atoms with Crippen molar-refractivity contribution >= 4 is 0 Å². The van der Waals surface area contributed by atoms with Crippen molar-refractivity contribution in [3.63, 3.8) is 0 Å². The normalized spacial score (nSPS) is 15.3. The van der Waals surface area contributed by atoms with Crippen LogP contribution >= 0.6 is 0 Å². The predicted octanol–water partition coefficient (Wildman–Crippen LogP) is 1.90. The standard InChI is InChI=1S/C13H22N2/c1-4-13(11-14,15(2)3)10-12-8-6-5-7-9-12/h5-9H,4,10-11,14H2,1-3H3. The van der Waals surface area contributed by atoms with Crippen LogP contribution in [0.2, 0.25) is 0 Å². The van der Waals surface area contributed by atoms with Crippen LogP contribution in [0.15, 0.2) is 30.3 Å². The van der Waals surface area contributed by atoms with Gasteiger partial charge in [0.1, 0.15) is 0 Å². The van der Waals surface area contributed by atoms with Gasteiger partial charge in [0.25, 0.3) is 0 Å². The summed E-state index contributed by atoms with van der Waals surface area (Å²) in [5.41, 5.74) is 7.38. The van der Waals surface area contributed by atoms with Crippen LogP contribution in [-0.4, -0.2) is 31.1 Å². The van der Waals surface area contributed by atoms with Crippen molar-refractivity contribution in [1.29, 1.82) is 0 Å². The third kappa shape index (κ3) is 2.80. The molecule has 1 aromatic carbocycles. The largest absolute Gasteiger partial charge is 0.329 e. The van der Waals surface area contributed by atoms with E-state index in [0.717, 1.165) is 12.8 Å². The van der Waals surface area contributed by atoms with Crippen molar-refractivity contribution in [2.75, 3.05) is 20.6 Å². The van der Waals surface area contributed by atoms with Gasteiger partial charge in [0, 0.05) is 12.1 Å². The zero-order chi connectivity index (χ0) is 11.3. The molecular weight excluding hydrogens is 184 g/mol. The second kappa shape index (κ2) is 5.29. The van der Waals surface area contributed by atoms with E-state index in [-0.39, 0.29) is 5.54 Å². The Morgan fingerprint density at radius 2 is 1.80 bits per heavy atom. The van der Waals surface area contributed by atoms with Crippen LogP contribution in [0.25, 0.3) is 0 Å². The molecule has 1 rings (SSSR count). The maximum atomic E-state index is 5.93. The number of rotatable bonds is 5. The molecule has 0 aliphatic carbocycles. The number of nitrogens with zero attached hydrogens (tertiary/aromatic N) is 1. The molecule has 1 atom stereocenters. The van der Waals surface area contributed by atoms with Gasteiger partial charge in [-0.2, -0.15) is 0 Å². The minimum atomic E-state index is 0.0986. The van der Waals surface area contributed by atoms with E-state index < -0.39 is 0 Å². The average Bonchev–Trinajstić information content (AvgIpc) is 2.27. The van der Waals surface area contributed by atoms with Gasteiger partial charge in [-0.3, -0.25) is 0 Å². The van der Waals surface area contributed by atoms with E-state index in [4.69, 9.17) is 5.73 Å². The van der Waals surface area contributed by atoms with Crippen molar-refractivity contribution in [2.24, 2.45) is 5.73 Å². The molecule has 0 aliphatic heterocycles. The Morgan fingerprint density at radius 3 is 2.20 bits per heavy atom. The van der Waals surface area contributed by atoms with E-state index >= 15 is 0 Å². The first-order chi connectivity index (χ1) is 7.14. The molecule has 0 amide bonds. The van der Waals surface area contributed by atoms with E-state index in [1.807, 2.05) is 0 Å². The highest BCUT2D eigenvalue weighted by molar-refractivity contribution is 5.18. The van der Waals surface area contributed by atoms with E-state index in [0.29, 0.717) is 6.54 Å². The highest BCUT2D eigenvalue weighted by Crippen LogP contribution is 2.21. The van der Waals surface area contributed by atoms with Crippen molar-refractivity contribution in [2.45, 2.75) is 25.3 Å². The summed E-state index contributed by atoms with van der Waals surface area (Å²) >= 11 is 0. The number of likely N-dealkylation sites (N-methyl/N-ethyl adjacent to an activating group) is 1. The van der Waals surface area contributed by atoms with Gasteiger partial charge in [-0.25, -0.2) is 0 Å². The summed E-state index contributed by atoms with van der Waals surface area (Å²) in [6.45, 7) is 2.90. The van der Waals surface area contributed by atoms with Crippen LogP contribution in [0, 0.1) is 0 Å². The van der Waals surface area contributed by atoms with Crippen molar-refractivity contribution in [3.05, 3.63) is 35.9 Å². The summed E-state index contributed by atoms with van der Waals surface area (Å²) in [7, 11) is 4.22. The summed E-state index contributed by atoms with van der Waals surface area (Å²) in [5, 5.41) is 0. The van der Waals surface area contributed by atoms with Crippen molar-refractivity contribution < 1.29 is 0 Å². The molecule has 1 unspecified atom stereocenters. The fourth-order valence-corrected chi connectivity index (χ4v) is 1.97. The third-order valence-corrected chi connectivity index (χ3v) is 3.36. The minimum Gasteiger partial charge on any atom is -0.329 e. The lowest BCUT2D eigenvalue weighted by atomic mass is 9.87. The molecule has 0 aromatic heterocycles. The predicted molar refractivity (Wildman–Crippen MR) is 65.9 cm³/mol. The van der Waals surface area contributed by atoms with Crippen molar-refractivity contribution in [3.8, 4) is 0 Å². The Morgan fingerprint density at radius 1 is 1.20 bits per heavy atom. The van der Waals surface area contributed by atoms with Gasteiger partial charge in [0.05, 0.1) is 0 Å². The molecule has 0 radical (unpaired) electrons. The molecule has 0 aliphatic rings. The molecule has 0 heterocycles. The van der Waals surface area contributed by atoms with Gasteiger partial charge in [0.2, 0.25) is 0 Å². The molecule has 1 aromatic rings. The smallest absolute Gasteiger partial charge is 0.0363 e. The summed E-state index contributed by atoms with van der Waals surface area (Å²) in [6.07, 6.45) is 2.10. The second-order valence-corrected chi connectivity index (χ2v) is 4.34. The first-order valence-electron chi connectivity index (χ1n) is 5.56. The SMILES string of the molecule is CCC(CN)(Cc1ccccc1)N(C)C. The van der Waals surface area contributed by atoms with Gasteiger partial charge in [-0.1, -0.05) is 37.3 Å². The molecule has 0 saturated carbocycles. The lowest BCUT2D eigenvalue weighted by molar-refractivity contribution is 0.153. The Balaban J connectivity index is 2.84. The number of nitrogens with two attached hydrogens (primary N) is 1. The summed E-state index contributed by atoms with van der Waals surface area (Å²) in [5.74, 6) is 0. The van der Waals surface area contributed by atoms with Crippen LogP contribution in [0.1, 0.15) is 18.9 Å². The highest BCUT2D eigenvalue weighted by Gasteiger charge is 2.28. The lowest BCUT2D eigenvalue weighted by Gasteiger charge is -2.38. The Labute approximate surface area is 93.1 Å². The molecule has 2 N–H and O–H groups in total. The molecule has 84 valence electrons. The van der Waals surface area contributed by atoms with Crippen molar-refractivity contribution in [1.82, 2.24) is 4.90 Å². The van der Waals surface area contributed by atoms with Crippen LogP contribution < -0.4 is 5.73 Å². The molecule has 15 heavy (non-hydrogen) atoms. The van der Waals surface area contributed by atoms with E-state index in [9.17, 15) is 0 Å². The quantitative estimate of drug-likeness (QED) is 0.797. The summed E-state index contributed by atoms with van der Waals surface area (Å²) in [6, 6.07) is 10.6. The van der Waals surface area contributed by atoms with Gasteiger partial charge < -0.3 is 10.6 Å². The van der Waals surface area contributed by atoms with Crippen LogP contribution in [0.5, 0.6) is 0 Å². The lowest BCUT2D eigenvalue weighted by Crippen LogP contribution is -2.51. The maximum Gasteiger partial charge on any atom is 0.0363 e. The highest BCUT2D eigenvalue weighted by atomic mass is 15.2. The fraction of sp³-hybridized carbons (Fsp3) is 0.538. The number of hydrogen-bond acceptors (Lipinski definition) is 2. The fourth-order valence-electron chi connectivity index (χ4n) is 1.97. The van der Waals surface area contributed by atoms with E-state index in [1.54, 1.807) is 0 Å². The molecule has 0 fully saturated rings. The molecule has 2 nitrogen and oxygen atoms in total. The molecule has 0 spiro atoms. The van der Waals surface area contributed by atoms with Crippen LogP contribution in [0.3, 0.4) is 0 Å². The molecule has 0 saturated heterocycles. The third-order valence-electron chi connectivity index (χ3n) is 3.36. The van der Waals surface area contributed by atoms with E-state index in [1.165, 1.54) is 5.56 Å².